The number of carbonyl (C=O) groups excluding carboxylic acids is 3. The molecule has 1 aliphatic carbocycles. The van der Waals surface area contributed by atoms with Gasteiger partial charge in [0.05, 0.1) is 25.9 Å². The first-order valence-electron chi connectivity index (χ1n) is 13.2. The second kappa shape index (κ2) is 11.8. The molecular weight excluding hydrogens is 496 g/mol. The summed E-state index contributed by atoms with van der Waals surface area (Å²) in [6.07, 6.45) is 0.399. The number of hydrogen-bond donors (Lipinski definition) is 1. The molecule has 1 heterocycles. The molecule has 2 aromatic rings. The van der Waals surface area contributed by atoms with Crippen LogP contribution < -0.4 is 15.0 Å². The highest BCUT2D eigenvalue weighted by Gasteiger charge is 2.49. The van der Waals surface area contributed by atoms with E-state index < -0.39 is 29.7 Å². The molecule has 1 N–H and O–H groups in total. The monoisotopic (exact) mass is 532 g/mol. The topological polar surface area (TPSA) is 94.2 Å². The zero-order valence-corrected chi connectivity index (χ0v) is 23.4. The highest BCUT2D eigenvalue weighted by Crippen LogP contribution is 2.48. The third-order valence-electron chi connectivity index (χ3n) is 7.34. The van der Waals surface area contributed by atoms with Crippen molar-refractivity contribution in [2.45, 2.75) is 39.0 Å². The Kier molecular flexibility index (Phi) is 8.43. The fourth-order valence-corrected chi connectivity index (χ4v) is 5.48. The van der Waals surface area contributed by atoms with Gasteiger partial charge < -0.3 is 24.4 Å². The van der Waals surface area contributed by atoms with Gasteiger partial charge in [-0.2, -0.15) is 0 Å². The Bertz CT molecular complexity index is 1310. The van der Waals surface area contributed by atoms with E-state index in [9.17, 15) is 14.4 Å². The van der Waals surface area contributed by atoms with Gasteiger partial charge >= 0.3 is 11.9 Å². The second-order valence-corrected chi connectivity index (χ2v) is 9.87. The molecule has 0 saturated heterocycles. The summed E-state index contributed by atoms with van der Waals surface area (Å²) in [5.41, 5.74) is 4.70. The Hall–Kier alpha value is -4.07. The summed E-state index contributed by atoms with van der Waals surface area (Å²) < 4.78 is 16.1. The number of ether oxygens (including phenoxy) is 3. The molecule has 0 fully saturated rings. The van der Waals surface area contributed by atoms with Crippen molar-refractivity contribution >= 4 is 23.4 Å². The van der Waals surface area contributed by atoms with E-state index in [0.717, 1.165) is 16.8 Å². The Morgan fingerprint density at radius 1 is 0.949 bits per heavy atom. The van der Waals surface area contributed by atoms with E-state index in [4.69, 9.17) is 14.2 Å². The summed E-state index contributed by atoms with van der Waals surface area (Å²) in [5, 5.41) is 3.33. The number of dihydropyridines is 1. The van der Waals surface area contributed by atoms with E-state index in [-0.39, 0.29) is 19.0 Å². The molecule has 0 bridgehead atoms. The van der Waals surface area contributed by atoms with Gasteiger partial charge in [0, 0.05) is 48.6 Å². The van der Waals surface area contributed by atoms with Gasteiger partial charge in [0.15, 0.2) is 5.78 Å². The summed E-state index contributed by atoms with van der Waals surface area (Å²) in [6.45, 7) is 5.65. The third-order valence-corrected chi connectivity index (χ3v) is 7.34. The maximum atomic E-state index is 14.4. The van der Waals surface area contributed by atoms with Crippen LogP contribution in [-0.2, 0) is 23.9 Å². The zero-order chi connectivity index (χ0) is 28.3. The number of anilines is 1. The second-order valence-electron chi connectivity index (χ2n) is 9.87. The van der Waals surface area contributed by atoms with E-state index in [1.165, 1.54) is 0 Å². The van der Waals surface area contributed by atoms with Gasteiger partial charge in [0.1, 0.15) is 11.7 Å². The van der Waals surface area contributed by atoms with Crippen LogP contribution in [0.25, 0.3) is 0 Å². The number of hydrogen-bond acceptors (Lipinski definition) is 8. The fourth-order valence-electron chi connectivity index (χ4n) is 5.48. The maximum Gasteiger partial charge on any atom is 0.336 e. The maximum absolute atomic E-state index is 14.4. The fraction of sp³-hybridized carbons (Fsp3) is 0.387. The Balaban J connectivity index is 1.88. The van der Waals surface area contributed by atoms with Crippen LogP contribution in [0.5, 0.6) is 5.75 Å². The van der Waals surface area contributed by atoms with Gasteiger partial charge in [0.25, 0.3) is 0 Å². The molecule has 2 aliphatic rings. The van der Waals surface area contributed by atoms with Crippen LogP contribution in [0.2, 0.25) is 0 Å². The summed E-state index contributed by atoms with van der Waals surface area (Å²) in [4.78, 5) is 42.9. The molecule has 0 amide bonds. The van der Waals surface area contributed by atoms with Crippen molar-refractivity contribution in [2.75, 3.05) is 39.3 Å². The lowest BCUT2D eigenvalue weighted by Crippen LogP contribution is -2.43. The summed E-state index contributed by atoms with van der Waals surface area (Å²) in [5.74, 6) is -2.90. The molecule has 0 spiro atoms. The number of esters is 2. The van der Waals surface area contributed by atoms with Crippen LogP contribution in [0.3, 0.4) is 0 Å². The first kappa shape index (κ1) is 28.0. The van der Waals surface area contributed by atoms with Crippen molar-refractivity contribution in [2.24, 2.45) is 5.92 Å². The third kappa shape index (κ3) is 5.41. The summed E-state index contributed by atoms with van der Waals surface area (Å²) >= 11 is 0. The lowest BCUT2D eigenvalue weighted by atomic mass is 9.67. The molecule has 8 heteroatoms. The zero-order valence-electron chi connectivity index (χ0n) is 23.4. The van der Waals surface area contributed by atoms with Crippen LogP contribution in [0, 0.1) is 5.92 Å². The molecule has 0 aromatic heterocycles. The van der Waals surface area contributed by atoms with Crippen LogP contribution in [-0.4, -0.2) is 52.1 Å². The number of benzene rings is 2. The van der Waals surface area contributed by atoms with Crippen LogP contribution in [0.15, 0.2) is 71.1 Å². The molecule has 0 saturated carbocycles. The van der Waals surface area contributed by atoms with Crippen LogP contribution >= 0.6 is 0 Å². The van der Waals surface area contributed by atoms with Gasteiger partial charge in [-0.1, -0.05) is 24.3 Å². The minimum absolute atomic E-state index is 0.157. The van der Waals surface area contributed by atoms with Gasteiger partial charge in [-0.15, -0.1) is 0 Å². The molecule has 1 aliphatic heterocycles. The van der Waals surface area contributed by atoms with Crippen molar-refractivity contribution < 1.29 is 28.6 Å². The molecule has 39 heavy (non-hydrogen) atoms. The number of rotatable bonds is 8. The molecule has 8 nitrogen and oxygen atoms in total. The van der Waals surface area contributed by atoms with Crippen molar-refractivity contribution in [1.82, 2.24) is 5.32 Å². The first-order valence-corrected chi connectivity index (χ1v) is 13.2. The van der Waals surface area contributed by atoms with Crippen molar-refractivity contribution in [3.63, 3.8) is 0 Å². The number of allylic oxidation sites excluding steroid dienone is 3. The molecule has 0 unspecified atom stereocenters. The molecular formula is C31H36N2O6. The highest BCUT2D eigenvalue weighted by atomic mass is 16.5. The van der Waals surface area contributed by atoms with Crippen LogP contribution in [0.1, 0.15) is 50.2 Å². The number of nitrogens with zero attached hydrogens (tertiary/aromatic N) is 1. The normalized spacial score (nSPS) is 20.7. The smallest absolute Gasteiger partial charge is 0.336 e. The number of ketones is 1. The Morgan fingerprint density at radius 2 is 1.56 bits per heavy atom. The van der Waals surface area contributed by atoms with Gasteiger partial charge in [-0.3, -0.25) is 9.59 Å². The summed E-state index contributed by atoms with van der Waals surface area (Å²) in [7, 11) is 5.48. The SMILES string of the molecule is CCOC(=O)C1=C(C)NC2=C(C(=O)[C@H](C(=O)OCC)[C@@H](c3ccc(OC)cc3)C2)[C@H]1c1ccc(N(C)C)cc1. The minimum Gasteiger partial charge on any atom is -0.497 e. The lowest BCUT2D eigenvalue weighted by molar-refractivity contribution is -0.152. The predicted octanol–water partition coefficient (Wildman–Crippen LogP) is 4.48. The predicted molar refractivity (Wildman–Crippen MR) is 148 cm³/mol. The molecule has 206 valence electrons. The quantitative estimate of drug-likeness (QED) is 0.393. The van der Waals surface area contributed by atoms with Crippen molar-refractivity contribution in [3.8, 4) is 5.75 Å². The van der Waals surface area contributed by atoms with Gasteiger partial charge in [-0.25, -0.2) is 4.79 Å². The first-order chi connectivity index (χ1) is 18.7. The van der Waals surface area contributed by atoms with Crippen LogP contribution in [0.4, 0.5) is 5.69 Å². The Labute approximate surface area is 229 Å². The minimum atomic E-state index is -1.05. The summed E-state index contributed by atoms with van der Waals surface area (Å²) in [6, 6.07) is 15.1. The number of nitrogens with one attached hydrogen (secondary N) is 1. The van der Waals surface area contributed by atoms with Gasteiger partial charge in [0.2, 0.25) is 0 Å². The van der Waals surface area contributed by atoms with Crippen molar-refractivity contribution in [1.29, 1.82) is 0 Å². The van der Waals surface area contributed by atoms with E-state index in [1.54, 1.807) is 21.0 Å². The lowest BCUT2D eigenvalue weighted by Gasteiger charge is -2.39. The van der Waals surface area contributed by atoms with E-state index in [1.807, 2.05) is 74.4 Å². The number of Topliss-reactive ketones (excluding diaryl/α,β-unsaturated/α-hetero) is 1. The number of methoxy groups -OCH3 is 1. The van der Waals surface area contributed by atoms with Crippen molar-refractivity contribution in [3.05, 3.63) is 82.2 Å². The highest BCUT2D eigenvalue weighted by molar-refractivity contribution is 6.13. The molecule has 2 aromatic carbocycles. The van der Waals surface area contributed by atoms with E-state index >= 15 is 0 Å². The van der Waals surface area contributed by atoms with E-state index in [0.29, 0.717) is 34.7 Å². The van der Waals surface area contributed by atoms with E-state index in [2.05, 4.69) is 5.32 Å². The average molecular weight is 533 g/mol. The molecule has 3 atom stereocenters. The van der Waals surface area contributed by atoms with Gasteiger partial charge in [-0.05, 0) is 62.6 Å². The standard InChI is InChI=1S/C31H36N2O6/c1-7-38-30(35)25-18(3)32-24-17-23(19-11-15-22(37-6)16-12-19)27(31(36)39-8-2)29(34)28(24)26(25)20-9-13-21(14-10-20)33(4)5/h9-16,23,26-27,32H,7-8,17H2,1-6H3/t23-,26+,27-/m1/s1. The Morgan fingerprint density at radius 3 is 2.13 bits per heavy atom. The largest absolute Gasteiger partial charge is 0.497 e. The molecule has 4 rings (SSSR count). The molecule has 0 radical (unpaired) electrons. The average Bonchev–Trinajstić information content (AvgIpc) is 2.92. The number of carbonyl (C=O) groups is 3.